The predicted molar refractivity (Wildman–Crippen MR) is 154 cm³/mol. The number of hydrogen-bond donors (Lipinski definition) is 3. The Morgan fingerprint density at radius 3 is 2.62 bits per heavy atom. The zero-order valence-electron chi connectivity index (χ0n) is 22.7. The van der Waals surface area contributed by atoms with Crippen LogP contribution in [-0.2, 0) is 4.79 Å². The predicted octanol–water partition coefficient (Wildman–Crippen LogP) is 4.44. The van der Waals surface area contributed by atoms with E-state index in [1.54, 1.807) is 4.68 Å². The number of anilines is 1. The SMILES string of the molecule is CCN(CC)CCNC(=O)c1c(C)[nH]c(/C=C2\C(=O)Nc3ccc(-c4cn(-c5ccccc5)nn4)cc32)c1C. The minimum atomic E-state index is -0.188. The minimum Gasteiger partial charge on any atom is -0.358 e. The van der Waals surface area contributed by atoms with Gasteiger partial charge in [0, 0.05) is 41.3 Å². The smallest absolute Gasteiger partial charge is 0.256 e. The lowest BCUT2D eigenvalue weighted by molar-refractivity contribution is -0.110. The van der Waals surface area contributed by atoms with Crippen molar-refractivity contribution in [2.75, 3.05) is 31.5 Å². The third kappa shape index (κ3) is 5.26. The third-order valence-corrected chi connectivity index (χ3v) is 7.21. The molecule has 2 aromatic carbocycles. The van der Waals surface area contributed by atoms with Crippen molar-refractivity contribution in [2.45, 2.75) is 27.7 Å². The number of likely N-dealkylation sites (N-methyl/N-ethyl adjacent to an activating group) is 1. The molecule has 9 nitrogen and oxygen atoms in total. The lowest BCUT2D eigenvalue weighted by atomic mass is 10.0. The second-order valence-corrected chi connectivity index (χ2v) is 9.60. The highest BCUT2D eigenvalue weighted by molar-refractivity contribution is 6.35. The average Bonchev–Trinajstić information content (AvgIpc) is 3.63. The summed E-state index contributed by atoms with van der Waals surface area (Å²) in [5.74, 6) is -0.301. The highest BCUT2D eigenvalue weighted by Gasteiger charge is 2.26. The molecule has 0 radical (unpaired) electrons. The highest BCUT2D eigenvalue weighted by atomic mass is 16.2. The number of nitrogens with one attached hydrogen (secondary N) is 3. The molecular formula is C30H33N7O2. The van der Waals surface area contributed by atoms with Crippen LogP contribution in [0.1, 0.15) is 46.7 Å². The lowest BCUT2D eigenvalue weighted by Crippen LogP contribution is -2.35. The summed E-state index contributed by atoms with van der Waals surface area (Å²) in [5, 5.41) is 14.6. The number of hydrogen-bond acceptors (Lipinski definition) is 5. The Labute approximate surface area is 227 Å². The molecule has 0 spiro atoms. The van der Waals surface area contributed by atoms with Crippen LogP contribution in [0, 0.1) is 13.8 Å². The van der Waals surface area contributed by atoms with Crippen LogP contribution < -0.4 is 10.6 Å². The van der Waals surface area contributed by atoms with Gasteiger partial charge in [0.25, 0.3) is 11.8 Å². The number of aryl methyl sites for hydroxylation is 1. The molecule has 2 aromatic heterocycles. The number of fused-ring (bicyclic) bond motifs is 1. The van der Waals surface area contributed by atoms with Gasteiger partial charge in [0.15, 0.2) is 0 Å². The number of rotatable bonds is 9. The van der Waals surface area contributed by atoms with Crippen LogP contribution in [0.5, 0.6) is 0 Å². The fraction of sp³-hybridized carbons (Fsp3) is 0.267. The molecule has 2 amide bonds. The summed E-state index contributed by atoms with van der Waals surface area (Å²) < 4.78 is 1.72. The molecule has 1 aliphatic heterocycles. The third-order valence-electron chi connectivity index (χ3n) is 7.21. The van der Waals surface area contributed by atoms with Gasteiger partial charge in [0.05, 0.1) is 23.0 Å². The monoisotopic (exact) mass is 523 g/mol. The second kappa shape index (κ2) is 11.1. The number of para-hydroxylation sites is 1. The first-order chi connectivity index (χ1) is 18.9. The van der Waals surface area contributed by atoms with Crippen molar-refractivity contribution in [1.29, 1.82) is 0 Å². The Hall–Kier alpha value is -4.50. The van der Waals surface area contributed by atoms with Crippen molar-refractivity contribution in [3.05, 3.63) is 82.8 Å². The molecule has 1 aliphatic rings. The standard InChI is InChI=1S/C30H33N7O2/c1-5-36(6-2)15-14-31-30(39)28-19(3)26(32-20(28)4)17-24-23-16-21(12-13-25(23)33-29(24)38)27-18-37(35-34-27)22-10-8-7-9-11-22/h7-13,16-18,32H,5-6,14-15H2,1-4H3,(H,31,39)(H,33,38)/b24-17-. The number of benzene rings is 2. The van der Waals surface area contributed by atoms with E-state index < -0.39 is 0 Å². The number of aromatic nitrogens is 4. The van der Waals surface area contributed by atoms with E-state index in [0.29, 0.717) is 23.4 Å². The van der Waals surface area contributed by atoms with Crippen LogP contribution in [0.25, 0.3) is 28.6 Å². The van der Waals surface area contributed by atoms with Crippen molar-refractivity contribution in [3.63, 3.8) is 0 Å². The fourth-order valence-electron chi connectivity index (χ4n) is 4.95. The molecule has 39 heavy (non-hydrogen) atoms. The second-order valence-electron chi connectivity index (χ2n) is 9.60. The van der Waals surface area contributed by atoms with E-state index in [9.17, 15) is 9.59 Å². The zero-order valence-corrected chi connectivity index (χ0v) is 22.7. The Morgan fingerprint density at radius 1 is 1.10 bits per heavy atom. The van der Waals surface area contributed by atoms with Crippen molar-refractivity contribution in [3.8, 4) is 16.9 Å². The van der Waals surface area contributed by atoms with E-state index in [-0.39, 0.29) is 11.8 Å². The van der Waals surface area contributed by atoms with E-state index in [0.717, 1.165) is 59.1 Å². The quantitative estimate of drug-likeness (QED) is 0.281. The van der Waals surface area contributed by atoms with Gasteiger partial charge in [-0.25, -0.2) is 4.68 Å². The highest BCUT2D eigenvalue weighted by Crippen LogP contribution is 2.36. The first-order valence-electron chi connectivity index (χ1n) is 13.2. The molecule has 0 fully saturated rings. The lowest BCUT2D eigenvalue weighted by Gasteiger charge is -2.18. The van der Waals surface area contributed by atoms with Crippen LogP contribution in [0.4, 0.5) is 5.69 Å². The number of H-pyrrole nitrogens is 1. The molecule has 0 saturated carbocycles. The molecular weight excluding hydrogens is 490 g/mol. The van der Waals surface area contributed by atoms with Crippen molar-refractivity contribution in [2.24, 2.45) is 0 Å². The van der Waals surface area contributed by atoms with Crippen molar-refractivity contribution in [1.82, 2.24) is 30.2 Å². The Morgan fingerprint density at radius 2 is 1.87 bits per heavy atom. The number of carbonyl (C=O) groups is 2. The Bertz CT molecular complexity index is 1540. The number of nitrogens with zero attached hydrogens (tertiary/aromatic N) is 4. The van der Waals surface area contributed by atoms with Crippen LogP contribution in [0.3, 0.4) is 0 Å². The molecule has 0 unspecified atom stereocenters. The summed E-state index contributed by atoms with van der Waals surface area (Å²) in [6, 6.07) is 15.5. The van der Waals surface area contributed by atoms with E-state index in [1.165, 1.54) is 0 Å². The first-order valence-corrected chi connectivity index (χ1v) is 13.2. The molecule has 3 N–H and O–H groups in total. The maximum absolute atomic E-state index is 13.0. The van der Waals surface area contributed by atoms with Crippen LogP contribution in [0.15, 0.2) is 54.7 Å². The van der Waals surface area contributed by atoms with Crippen molar-refractivity contribution < 1.29 is 9.59 Å². The van der Waals surface area contributed by atoms with Gasteiger partial charge in [-0.15, -0.1) is 5.10 Å². The molecule has 5 rings (SSSR count). The average molecular weight is 524 g/mol. The van der Waals surface area contributed by atoms with Gasteiger partial charge < -0.3 is 20.5 Å². The van der Waals surface area contributed by atoms with Crippen molar-refractivity contribution >= 4 is 29.2 Å². The topological polar surface area (TPSA) is 108 Å². The van der Waals surface area contributed by atoms with Gasteiger partial charge in [0.2, 0.25) is 0 Å². The Balaban J connectivity index is 1.41. The summed E-state index contributed by atoms with van der Waals surface area (Å²) in [7, 11) is 0. The maximum atomic E-state index is 13.0. The fourth-order valence-corrected chi connectivity index (χ4v) is 4.95. The summed E-state index contributed by atoms with van der Waals surface area (Å²) in [4.78, 5) is 31.5. The molecule has 9 heteroatoms. The van der Waals surface area contributed by atoms with Gasteiger partial charge in [-0.1, -0.05) is 43.3 Å². The minimum absolute atomic E-state index is 0.113. The maximum Gasteiger partial charge on any atom is 0.256 e. The first kappa shape index (κ1) is 26.1. The van der Waals surface area contributed by atoms with Gasteiger partial charge in [-0.3, -0.25) is 9.59 Å². The molecule has 4 aromatic rings. The molecule has 3 heterocycles. The van der Waals surface area contributed by atoms with E-state index in [1.807, 2.05) is 74.7 Å². The molecule has 0 bridgehead atoms. The molecule has 0 atom stereocenters. The number of amides is 2. The van der Waals surface area contributed by atoms with Gasteiger partial charge >= 0.3 is 0 Å². The number of aromatic amines is 1. The summed E-state index contributed by atoms with van der Waals surface area (Å²) >= 11 is 0. The van der Waals surface area contributed by atoms with Gasteiger partial charge in [-0.2, -0.15) is 0 Å². The van der Waals surface area contributed by atoms with Crippen LogP contribution in [0.2, 0.25) is 0 Å². The number of carbonyl (C=O) groups excluding carboxylic acids is 2. The van der Waals surface area contributed by atoms with Crippen LogP contribution >= 0.6 is 0 Å². The molecule has 200 valence electrons. The van der Waals surface area contributed by atoms with Crippen LogP contribution in [-0.4, -0.2) is 62.9 Å². The van der Waals surface area contributed by atoms with E-state index >= 15 is 0 Å². The molecule has 0 saturated heterocycles. The summed E-state index contributed by atoms with van der Waals surface area (Å²) in [6.07, 6.45) is 3.69. The molecule has 0 aliphatic carbocycles. The summed E-state index contributed by atoms with van der Waals surface area (Å²) in [5.41, 5.74) is 7.45. The van der Waals surface area contributed by atoms with E-state index in [4.69, 9.17) is 0 Å². The van der Waals surface area contributed by atoms with E-state index in [2.05, 4.69) is 44.7 Å². The zero-order chi connectivity index (χ0) is 27.5. The largest absolute Gasteiger partial charge is 0.358 e. The Kier molecular flexibility index (Phi) is 7.42. The summed E-state index contributed by atoms with van der Waals surface area (Å²) in [6.45, 7) is 11.3. The van der Waals surface area contributed by atoms with Gasteiger partial charge in [-0.05, 0) is 62.8 Å². The normalized spacial score (nSPS) is 13.7. The van der Waals surface area contributed by atoms with Gasteiger partial charge in [0.1, 0.15) is 5.69 Å².